The summed E-state index contributed by atoms with van der Waals surface area (Å²) in [5, 5.41) is 17.0. The third-order valence-electron chi connectivity index (χ3n) is 4.79. The van der Waals surface area contributed by atoms with Gasteiger partial charge in [0.05, 0.1) is 15.9 Å². The number of non-ortho nitro benzene ring substituents is 1. The number of nitrogens with zero attached hydrogens (tertiary/aromatic N) is 2. The Labute approximate surface area is 177 Å². The molecule has 0 heterocycles. The fourth-order valence-electron chi connectivity index (χ4n) is 3.20. The van der Waals surface area contributed by atoms with Crippen molar-refractivity contribution < 1.29 is 18.1 Å². The number of aliphatic imine (C=N–C) groups is 1. The minimum absolute atomic E-state index is 0.108. The predicted molar refractivity (Wildman–Crippen MR) is 115 cm³/mol. The molecule has 1 aliphatic rings. The zero-order valence-corrected chi connectivity index (χ0v) is 18.1. The van der Waals surface area contributed by atoms with Gasteiger partial charge >= 0.3 is 0 Å². The van der Waals surface area contributed by atoms with Crippen LogP contribution in [0.15, 0.2) is 34.2 Å². The Balaban J connectivity index is 1.64. The summed E-state index contributed by atoms with van der Waals surface area (Å²) in [5.41, 5.74) is -0.270. The molecule has 0 spiro atoms. The quantitative estimate of drug-likeness (QED) is 0.157. The summed E-state index contributed by atoms with van der Waals surface area (Å²) in [5.74, 6) is 0.571. The average Bonchev–Trinajstić information content (AvgIpc) is 2.75. The van der Waals surface area contributed by atoms with Crippen LogP contribution < -0.4 is 15.4 Å². The molecule has 2 rings (SSSR count). The summed E-state index contributed by atoms with van der Waals surface area (Å²) in [7, 11) is -2.19. The first kappa shape index (κ1) is 24.0. The molecule has 0 aliphatic heterocycles. The Morgan fingerprint density at radius 3 is 2.63 bits per heavy atom. The second kappa shape index (κ2) is 12.5. The molecule has 3 N–H and O–H groups in total. The predicted octanol–water partition coefficient (Wildman–Crippen LogP) is 1.78. The lowest BCUT2D eigenvalue weighted by molar-refractivity contribution is -0.385. The van der Waals surface area contributed by atoms with E-state index < -0.39 is 14.9 Å². The van der Waals surface area contributed by atoms with Gasteiger partial charge in [-0.1, -0.05) is 25.3 Å². The zero-order chi connectivity index (χ0) is 21.8. The van der Waals surface area contributed by atoms with Gasteiger partial charge in [0, 0.05) is 45.4 Å². The minimum atomic E-state index is -3.83. The number of hydrogen-bond donors (Lipinski definition) is 3. The molecular weight excluding hydrogens is 410 g/mol. The van der Waals surface area contributed by atoms with E-state index in [1.165, 1.54) is 37.5 Å². The SMILES string of the molecule is CN=C(NCCCOC1CCCCC1)NCCNS(=O)(=O)c1cccc([N+](=O)[O-])c1. The Hall–Kier alpha value is -2.24. The lowest BCUT2D eigenvalue weighted by Gasteiger charge is -2.22. The van der Waals surface area contributed by atoms with Crippen molar-refractivity contribution >= 4 is 21.7 Å². The largest absolute Gasteiger partial charge is 0.378 e. The van der Waals surface area contributed by atoms with Gasteiger partial charge in [0.2, 0.25) is 10.0 Å². The monoisotopic (exact) mass is 441 g/mol. The summed E-state index contributed by atoms with van der Waals surface area (Å²) < 4.78 is 32.8. The van der Waals surface area contributed by atoms with Crippen molar-refractivity contribution in [2.24, 2.45) is 4.99 Å². The highest BCUT2D eigenvalue weighted by Crippen LogP contribution is 2.20. The van der Waals surface area contributed by atoms with E-state index in [0.717, 1.165) is 25.3 Å². The molecule has 0 bridgehead atoms. The maximum atomic E-state index is 12.3. The maximum Gasteiger partial charge on any atom is 0.270 e. The topological polar surface area (TPSA) is 135 Å². The van der Waals surface area contributed by atoms with Crippen LogP contribution in [-0.4, -0.2) is 58.7 Å². The first-order valence-electron chi connectivity index (χ1n) is 10.2. The van der Waals surface area contributed by atoms with Gasteiger partial charge < -0.3 is 15.4 Å². The molecule has 10 nitrogen and oxygen atoms in total. The number of benzene rings is 1. The van der Waals surface area contributed by atoms with Crippen molar-refractivity contribution in [1.29, 1.82) is 0 Å². The Kier molecular flexibility index (Phi) is 9.98. The number of rotatable bonds is 11. The van der Waals surface area contributed by atoms with Crippen molar-refractivity contribution in [3.05, 3.63) is 34.4 Å². The summed E-state index contributed by atoms with van der Waals surface area (Å²) in [6.45, 7) is 1.83. The van der Waals surface area contributed by atoms with E-state index in [4.69, 9.17) is 4.74 Å². The molecule has 1 saturated carbocycles. The van der Waals surface area contributed by atoms with E-state index in [0.29, 0.717) is 31.8 Å². The first-order valence-corrected chi connectivity index (χ1v) is 11.7. The average molecular weight is 442 g/mol. The van der Waals surface area contributed by atoms with Crippen molar-refractivity contribution in [1.82, 2.24) is 15.4 Å². The van der Waals surface area contributed by atoms with Crippen molar-refractivity contribution in [3.8, 4) is 0 Å². The van der Waals surface area contributed by atoms with E-state index in [1.54, 1.807) is 7.05 Å². The van der Waals surface area contributed by atoms with Crippen molar-refractivity contribution in [3.63, 3.8) is 0 Å². The molecule has 1 fully saturated rings. The number of hydrogen-bond acceptors (Lipinski definition) is 6. The van der Waals surface area contributed by atoms with Crippen molar-refractivity contribution in [2.45, 2.75) is 49.5 Å². The van der Waals surface area contributed by atoms with E-state index >= 15 is 0 Å². The summed E-state index contributed by atoms with van der Waals surface area (Å²) >= 11 is 0. The summed E-state index contributed by atoms with van der Waals surface area (Å²) in [4.78, 5) is 14.1. The van der Waals surface area contributed by atoms with Gasteiger partial charge in [-0.15, -0.1) is 0 Å². The van der Waals surface area contributed by atoms with Gasteiger partial charge in [0.15, 0.2) is 5.96 Å². The molecule has 0 aromatic heterocycles. The highest BCUT2D eigenvalue weighted by atomic mass is 32.2. The molecule has 11 heteroatoms. The number of guanidine groups is 1. The van der Waals surface area contributed by atoms with Gasteiger partial charge in [0.25, 0.3) is 5.69 Å². The molecule has 168 valence electrons. The first-order chi connectivity index (χ1) is 14.4. The van der Waals surface area contributed by atoms with Crippen LogP contribution in [0.25, 0.3) is 0 Å². The maximum absolute atomic E-state index is 12.3. The number of nitrogens with one attached hydrogen (secondary N) is 3. The molecule has 1 aromatic rings. The van der Waals surface area contributed by atoms with E-state index in [-0.39, 0.29) is 17.1 Å². The molecule has 0 radical (unpaired) electrons. The van der Waals surface area contributed by atoms with E-state index in [9.17, 15) is 18.5 Å². The Morgan fingerprint density at radius 2 is 1.93 bits per heavy atom. The Morgan fingerprint density at radius 1 is 1.20 bits per heavy atom. The van der Waals surface area contributed by atoms with Crippen LogP contribution in [0.3, 0.4) is 0 Å². The highest BCUT2D eigenvalue weighted by molar-refractivity contribution is 7.89. The van der Waals surface area contributed by atoms with E-state index in [1.807, 2.05) is 0 Å². The Bertz CT molecular complexity index is 809. The fraction of sp³-hybridized carbons (Fsp3) is 0.632. The standard InChI is InChI=1S/C19H31N5O5S/c1-20-19(21-11-6-14-29-17-8-3-2-4-9-17)22-12-13-23-30(27,28)18-10-5-7-16(15-18)24(25)26/h5,7,10,15,17,23H,2-4,6,8-9,11-14H2,1H3,(H2,20,21,22). The van der Waals surface area contributed by atoms with Gasteiger partial charge in [0.1, 0.15) is 0 Å². The third kappa shape index (κ3) is 8.25. The van der Waals surface area contributed by atoms with Gasteiger partial charge in [-0.25, -0.2) is 13.1 Å². The minimum Gasteiger partial charge on any atom is -0.378 e. The molecular formula is C19H31N5O5S. The summed E-state index contributed by atoms with van der Waals surface area (Å²) in [6.07, 6.45) is 7.39. The van der Waals surface area contributed by atoms with Crippen LogP contribution in [0.5, 0.6) is 0 Å². The number of ether oxygens (including phenoxy) is 1. The summed E-state index contributed by atoms with van der Waals surface area (Å²) in [6, 6.07) is 4.94. The van der Waals surface area contributed by atoms with Gasteiger partial charge in [-0.05, 0) is 25.3 Å². The second-order valence-corrected chi connectivity index (χ2v) is 8.83. The smallest absolute Gasteiger partial charge is 0.270 e. The number of nitro groups is 1. The molecule has 30 heavy (non-hydrogen) atoms. The molecule has 0 atom stereocenters. The fourth-order valence-corrected chi connectivity index (χ4v) is 4.27. The van der Waals surface area contributed by atoms with E-state index in [2.05, 4.69) is 20.3 Å². The third-order valence-corrected chi connectivity index (χ3v) is 6.25. The molecule has 0 unspecified atom stereocenters. The van der Waals surface area contributed by atoms with Gasteiger partial charge in [-0.2, -0.15) is 0 Å². The highest BCUT2D eigenvalue weighted by Gasteiger charge is 2.17. The molecule has 0 amide bonds. The van der Waals surface area contributed by atoms with Crippen LogP contribution in [0.4, 0.5) is 5.69 Å². The van der Waals surface area contributed by atoms with Crippen LogP contribution in [-0.2, 0) is 14.8 Å². The molecule has 0 saturated heterocycles. The normalized spacial score (nSPS) is 15.7. The molecule has 1 aliphatic carbocycles. The lowest BCUT2D eigenvalue weighted by Crippen LogP contribution is -2.42. The molecule has 1 aromatic carbocycles. The van der Waals surface area contributed by atoms with Gasteiger partial charge in [-0.3, -0.25) is 15.1 Å². The van der Waals surface area contributed by atoms with Crippen LogP contribution in [0.1, 0.15) is 38.5 Å². The lowest BCUT2D eigenvalue weighted by atomic mass is 9.98. The van der Waals surface area contributed by atoms with Crippen LogP contribution >= 0.6 is 0 Å². The van der Waals surface area contributed by atoms with Crippen LogP contribution in [0.2, 0.25) is 0 Å². The van der Waals surface area contributed by atoms with Crippen LogP contribution in [0, 0.1) is 10.1 Å². The zero-order valence-electron chi connectivity index (χ0n) is 17.3. The second-order valence-electron chi connectivity index (χ2n) is 7.06. The number of sulfonamides is 1. The number of nitro benzene ring substituents is 1. The van der Waals surface area contributed by atoms with Crippen molar-refractivity contribution in [2.75, 3.05) is 33.3 Å².